The summed E-state index contributed by atoms with van der Waals surface area (Å²) in [6.07, 6.45) is 5.48. The van der Waals surface area contributed by atoms with E-state index in [1.54, 1.807) is 91.8 Å². The van der Waals surface area contributed by atoms with Crippen LogP contribution in [0.1, 0.15) is 220 Å². The molecule has 1 amide bonds. The Morgan fingerprint density at radius 2 is 0.703 bits per heavy atom. The van der Waals surface area contributed by atoms with Crippen molar-refractivity contribution in [3.8, 4) is 50.8 Å². The third-order valence-electron chi connectivity index (χ3n) is 23.5. The molecule has 0 aliphatic carbocycles. The number of fused-ring (bicyclic) bond motifs is 3. The van der Waals surface area contributed by atoms with Crippen LogP contribution in [-0.4, -0.2) is 156 Å². The SMILES string of the molecule is C=CC(=O)N1C[C@H](C)N(c2nc(=O)n(-c3c(C(C)C)nc(NC)nc3C(C)C)c3nc(-c4ccccc4F)c(Cl)cc23)C[C@H]1C.CC(C)c1nc(Br)nc(C(C)C)c1-n1c(=O)nc(N2C[C@@H](C)CC[C@@H]2C)c2cc(Cl)c(-c3ccccc3F)nc21.CN.CNc1nc(C(C)C)c(-n2c(=O)nc(N3C[C@@H](C)CC[C@@H]3C)c3cc(Cl)c(-c4ccccc4F)nc32)c(C(C)C)n1. The Hall–Kier alpha value is -10.9. The zero-order valence-electron chi connectivity index (χ0n) is 76.4. The zero-order valence-corrected chi connectivity index (χ0v) is 80.2. The number of amides is 1. The normalized spacial score (nSPS) is 17.2. The fraction of sp³-hybridized carbons (Fsp3) is 0.432. The van der Waals surface area contributed by atoms with E-state index in [4.69, 9.17) is 69.7 Å². The number of pyridine rings is 3. The second-order valence-corrected chi connectivity index (χ2v) is 36.9. The Morgan fingerprint density at radius 3 is 0.977 bits per heavy atom. The Balaban J connectivity index is 0.000000173. The number of aromatic nitrogens is 15. The molecule has 0 unspecified atom stereocenters. The molecule has 0 spiro atoms. The molecule has 3 aromatic carbocycles. The standard InChI is InChI=1S/C33H38ClFN8O2.C31H37ClFN7O.C30H33BrClFN6O.CH5N/c1-9-25(44)41-15-20(7)42(16-19(41)6)30-22-14-23(34)28(21-12-10-11-13-24(21)35)37-31(22)43(33(45)40-30)29-26(17(2)3)38-32(36-8)39-27(29)18(4)5;1-16(2)24-27(25(17(3)4)37-30(34-7)36-24)40-29-21(14-22(32)26(35-29)20-10-8-9-11-23(20)33)28(38-31(40)41)39-15-18(5)12-13-19(39)6;1-15(2)23-26(24(16(3)4)36-29(31)35-23)39-28-20(13-21(32)25(34-28)19-9-7-8-10-22(19)33)27(37-30(39)40)38-14-17(5)11-12-18(38)6;1-2/h9-14,17-20H,1,15-16H2,2-8H3,(H,36,38,39);8-11,14,16-19H,12-13,15H2,1-7H3,(H,34,36,37);7-10,13,15-18H,11-12,14H2,1-6H3;2H2,1H3/t19-,20+;18-,19-;17-,18-;/m100./s1. The van der Waals surface area contributed by atoms with Crippen molar-refractivity contribution in [2.75, 3.05) is 72.7 Å². The van der Waals surface area contributed by atoms with Gasteiger partial charge in [0.1, 0.15) is 34.9 Å². The van der Waals surface area contributed by atoms with Gasteiger partial charge < -0.3 is 36.0 Å². The van der Waals surface area contributed by atoms with Gasteiger partial charge in [-0.1, -0.05) is 175 Å². The number of piperidine rings is 2. The van der Waals surface area contributed by atoms with Crippen molar-refractivity contribution in [1.82, 2.24) is 78.4 Å². The van der Waals surface area contributed by atoms with Gasteiger partial charge in [0, 0.05) is 81.1 Å². The van der Waals surface area contributed by atoms with Crippen LogP contribution in [0.4, 0.5) is 42.5 Å². The molecule has 26 nitrogen and oxygen atoms in total. The molecule has 3 saturated heterocycles. The number of hydrogen-bond acceptors (Lipinski definition) is 22. The van der Waals surface area contributed by atoms with Gasteiger partial charge >= 0.3 is 17.1 Å². The molecule has 0 radical (unpaired) electrons. The number of benzene rings is 3. The van der Waals surface area contributed by atoms with Gasteiger partial charge in [-0.05, 0) is 184 Å². The summed E-state index contributed by atoms with van der Waals surface area (Å²) < 4.78 is 50.0. The second-order valence-electron chi connectivity index (χ2n) is 35.0. The zero-order chi connectivity index (χ0) is 93.2. The number of carbonyl (C=O) groups excluding carboxylic acids is 1. The molecular weight excluding hydrogens is 1760 g/mol. The third-order valence-corrected chi connectivity index (χ3v) is 24.7. The van der Waals surface area contributed by atoms with Gasteiger partial charge in [-0.2, -0.15) is 15.0 Å². The van der Waals surface area contributed by atoms with Gasteiger partial charge in [-0.3, -0.25) is 4.79 Å². The highest BCUT2D eigenvalue weighted by atomic mass is 79.9. The minimum atomic E-state index is -0.583. The molecule has 15 rings (SSSR count). The number of carbonyl (C=O) groups is 1. The summed E-state index contributed by atoms with van der Waals surface area (Å²) in [4.78, 5) is 121. The van der Waals surface area contributed by atoms with E-state index in [1.165, 1.54) is 45.0 Å². The molecule has 4 N–H and O–H groups in total. The Morgan fingerprint density at radius 1 is 0.422 bits per heavy atom. The lowest BCUT2D eigenvalue weighted by molar-refractivity contribution is -0.128. The monoisotopic (exact) mass is 1870 g/mol. The predicted molar refractivity (Wildman–Crippen MR) is 513 cm³/mol. The summed E-state index contributed by atoms with van der Waals surface area (Å²) in [7, 11) is 5.02. The molecule has 12 aromatic rings. The molecule has 128 heavy (non-hydrogen) atoms. The van der Waals surface area contributed by atoms with Crippen LogP contribution in [0.3, 0.4) is 0 Å². The smallest absolute Gasteiger partial charge is 0.355 e. The Labute approximate surface area is 768 Å². The van der Waals surface area contributed by atoms with Crippen molar-refractivity contribution >= 4 is 119 Å². The maximum Gasteiger partial charge on any atom is 0.355 e. The van der Waals surface area contributed by atoms with Gasteiger partial charge in [0.25, 0.3) is 0 Å². The first-order valence-electron chi connectivity index (χ1n) is 43.6. The van der Waals surface area contributed by atoms with Crippen molar-refractivity contribution in [3.05, 3.63) is 207 Å². The van der Waals surface area contributed by atoms with Gasteiger partial charge in [0.05, 0.1) is 99.5 Å². The van der Waals surface area contributed by atoms with Crippen LogP contribution in [0.15, 0.2) is 123 Å². The average molecular weight is 1870 g/mol. The Bertz CT molecular complexity index is 6300. The summed E-state index contributed by atoms with van der Waals surface area (Å²) in [5.41, 5.74) is 10.9. The maximum atomic E-state index is 15.1. The number of nitrogens with two attached hydrogens (primary N) is 1. The largest absolute Gasteiger partial charge is 0.357 e. The quantitative estimate of drug-likeness (QED) is 0.0531. The van der Waals surface area contributed by atoms with E-state index in [1.807, 2.05) is 102 Å². The number of nitrogens with one attached hydrogen (secondary N) is 2. The molecule has 6 atom stereocenters. The molecule has 3 fully saturated rings. The summed E-state index contributed by atoms with van der Waals surface area (Å²) in [5.74, 6) is 1.37. The molecule has 3 aliphatic rings. The van der Waals surface area contributed by atoms with E-state index in [2.05, 4.69) is 101 Å². The lowest BCUT2D eigenvalue weighted by Crippen LogP contribution is -2.58. The summed E-state index contributed by atoms with van der Waals surface area (Å²) in [6.45, 7) is 42.7. The minimum absolute atomic E-state index is 0.0327. The maximum absolute atomic E-state index is 15.1. The number of anilines is 5. The van der Waals surface area contributed by atoms with Crippen LogP contribution in [-0.2, 0) is 4.79 Å². The van der Waals surface area contributed by atoms with Crippen molar-refractivity contribution in [3.63, 3.8) is 0 Å². The van der Waals surface area contributed by atoms with E-state index in [0.29, 0.717) is 138 Å². The van der Waals surface area contributed by atoms with Crippen molar-refractivity contribution < 1.29 is 18.0 Å². The molecular formula is C95H113BrCl3F3N22O4. The van der Waals surface area contributed by atoms with Crippen LogP contribution in [0, 0.1) is 29.3 Å². The highest BCUT2D eigenvalue weighted by Crippen LogP contribution is 2.44. The highest BCUT2D eigenvalue weighted by Gasteiger charge is 2.38. The van der Waals surface area contributed by atoms with Crippen LogP contribution in [0.2, 0.25) is 15.1 Å². The van der Waals surface area contributed by atoms with E-state index < -0.39 is 34.5 Å². The summed E-state index contributed by atoms with van der Waals surface area (Å²) >= 11 is 23.9. The van der Waals surface area contributed by atoms with Gasteiger partial charge in [0.2, 0.25) is 17.8 Å². The van der Waals surface area contributed by atoms with E-state index in [0.717, 1.165) is 38.8 Å². The molecule has 0 saturated carbocycles. The first-order chi connectivity index (χ1) is 60.9. The molecule has 33 heteroatoms. The third kappa shape index (κ3) is 19.4. The van der Waals surface area contributed by atoms with Crippen molar-refractivity contribution in [2.24, 2.45) is 17.6 Å². The summed E-state index contributed by atoms with van der Waals surface area (Å²) in [6, 6.07) is 24.2. The summed E-state index contributed by atoms with van der Waals surface area (Å²) in [5, 5.41) is 8.59. The molecule has 9 aromatic heterocycles. The topological polar surface area (TPSA) is 301 Å². The van der Waals surface area contributed by atoms with Crippen molar-refractivity contribution in [1.29, 1.82) is 0 Å². The second kappa shape index (κ2) is 40.4. The number of rotatable bonds is 18. The lowest BCUT2D eigenvalue weighted by Gasteiger charge is -2.44. The fourth-order valence-corrected chi connectivity index (χ4v) is 18.0. The number of halogens is 7. The highest BCUT2D eigenvalue weighted by molar-refractivity contribution is 9.10. The number of piperazine rings is 1. The lowest BCUT2D eigenvalue weighted by atomic mass is 9.95. The van der Waals surface area contributed by atoms with Crippen LogP contribution in [0.25, 0.3) is 83.9 Å². The van der Waals surface area contributed by atoms with Gasteiger partial charge in [-0.15, -0.1) is 0 Å². The van der Waals surface area contributed by atoms with Gasteiger partial charge in [0.15, 0.2) is 21.7 Å². The van der Waals surface area contributed by atoms with Gasteiger partial charge in [-0.25, -0.2) is 86.1 Å². The molecule has 3 aliphatic heterocycles. The average Bonchev–Trinajstić information content (AvgIpc) is 0.746. The minimum Gasteiger partial charge on any atom is -0.357 e. The number of hydrogen-bond donors (Lipinski definition) is 3. The van der Waals surface area contributed by atoms with Crippen molar-refractivity contribution in [2.45, 2.75) is 210 Å². The molecule has 0 bridgehead atoms. The van der Waals surface area contributed by atoms with E-state index >= 15 is 8.78 Å². The first kappa shape index (κ1) is 96.2. The molecule has 12 heterocycles. The van der Waals surface area contributed by atoms with Crippen LogP contribution >= 0.6 is 50.7 Å². The van der Waals surface area contributed by atoms with Crippen LogP contribution < -0.4 is 48.1 Å². The fourth-order valence-electron chi connectivity index (χ4n) is 16.9. The predicted octanol–water partition coefficient (Wildman–Crippen LogP) is 20.1. The number of nitrogens with zero attached hydrogens (tertiary/aromatic N) is 19. The van der Waals surface area contributed by atoms with E-state index in [-0.39, 0.29) is 120 Å². The Kier molecular flexibility index (Phi) is 30.3. The van der Waals surface area contributed by atoms with Crippen LogP contribution in [0.5, 0.6) is 0 Å². The van der Waals surface area contributed by atoms with E-state index in [9.17, 15) is 23.6 Å². The molecule has 676 valence electrons. The first-order valence-corrected chi connectivity index (χ1v) is 45.5.